The van der Waals surface area contributed by atoms with E-state index < -0.39 is 12.8 Å². The molecule has 0 spiro atoms. The fourth-order valence-electron chi connectivity index (χ4n) is 1.20. The zero-order chi connectivity index (χ0) is 12.6. The minimum absolute atomic E-state index is 0.0417. The van der Waals surface area contributed by atoms with Crippen molar-refractivity contribution in [3.8, 4) is 5.75 Å². The number of hydrogen-bond acceptors (Lipinski definition) is 4. The minimum atomic E-state index is -4.42. The first kappa shape index (κ1) is 12.0. The van der Waals surface area contributed by atoms with Crippen LogP contribution < -0.4 is 10.5 Å². The molecule has 92 valence electrons. The van der Waals surface area contributed by atoms with E-state index in [9.17, 15) is 13.2 Å². The highest BCUT2D eigenvalue weighted by Crippen LogP contribution is 2.30. The van der Waals surface area contributed by atoms with Crippen LogP contribution in [0.1, 0.15) is 0 Å². The molecule has 9 heteroatoms. The Kier molecular flexibility index (Phi) is 2.86. The summed E-state index contributed by atoms with van der Waals surface area (Å²) in [5.41, 5.74) is 5.48. The van der Waals surface area contributed by atoms with Gasteiger partial charge in [0.05, 0.1) is 4.47 Å². The second-order valence-corrected chi connectivity index (χ2v) is 3.99. The Morgan fingerprint density at radius 3 is 2.82 bits per heavy atom. The maximum absolute atomic E-state index is 12.1. The van der Waals surface area contributed by atoms with E-state index in [1.54, 1.807) is 0 Å². The molecule has 2 rings (SSSR count). The van der Waals surface area contributed by atoms with E-state index in [1.807, 2.05) is 0 Å². The van der Waals surface area contributed by atoms with Crippen molar-refractivity contribution in [2.24, 2.45) is 0 Å². The van der Waals surface area contributed by atoms with Crippen LogP contribution in [-0.4, -0.2) is 27.4 Å². The molecule has 0 amide bonds. The van der Waals surface area contributed by atoms with E-state index in [0.717, 1.165) is 0 Å². The van der Waals surface area contributed by atoms with Gasteiger partial charge in [-0.2, -0.15) is 18.2 Å². The van der Waals surface area contributed by atoms with Gasteiger partial charge in [-0.3, -0.25) is 0 Å². The second kappa shape index (κ2) is 4.06. The lowest BCUT2D eigenvalue weighted by Crippen LogP contribution is -2.19. The van der Waals surface area contributed by atoms with Gasteiger partial charge in [0.25, 0.3) is 0 Å². The van der Waals surface area contributed by atoms with E-state index in [2.05, 4.69) is 30.7 Å². The molecule has 2 N–H and O–H groups in total. The number of alkyl halides is 3. The van der Waals surface area contributed by atoms with Gasteiger partial charge in [0.1, 0.15) is 0 Å². The highest BCUT2D eigenvalue weighted by atomic mass is 79.9. The Balaban J connectivity index is 2.40. The molecule has 5 nitrogen and oxygen atoms in total. The number of nitrogens with zero attached hydrogens (tertiary/aromatic N) is 3. The van der Waals surface area contributed by atoms with Crippen LogP contribution in [0.3, 0.4) is 0 Å². The van der Waals surface area contributed by atoms with Gasteiger partial charge in [-0.1, -0.05) is 0 Å². The third kappa shape index (κ3) is 2.60. The molecular formula is C8H6BrF3N4O. The number of hydrogen-bond donors (Lipinski definition) is 1. The summed E-state index contributed by atoms with van der Waals surface area (Å²) in [4.78, 5) is 3.78. The molecule has 0 atom stereocenters. The van der Waals surface area contributed by atoms with Crippen molar-refractivity contribution in [2.45, 2.75) is 6.18 Å². The maximum Gasteiger partial charge on any atom is 0.422 e. The summed E-state index contributed by atoms with van der Waals surface area (Å²) in [6, 6.07) is 1.49. The number of halogens is 4. The number of pyridine rings is 1. The van der Waals surface area contributed by atoms with Crippen LogP contribution in [0.25, 0.3) is 5.65 Å². The number of fused-ring (bicyclic) bond motifs is 1. The van der Waals surface area contributed by atoms with Crippen molar-refractivity contribution >= 4 is 27.5 Å². The third-order valence-electron chi connectivity index (χ3n) is 1.81. The number of aromatic nitrogens is 3. The number of nitrogen functional groups attached to an aromatic ring is 1. The van der Waals surface area contributed by atoms with Gasteiger partial charge in [-0.15, -0.1) is 5.10 Å². The Bertz CT molecular complexity index is 553. The molecule has 0 aliphatic rings. The molecule has 2 aromatic heterocycles. The van der Waals surface area contributed by atoms with Gasteiger partial charge in [0, 0.05) is 6.20 Å². The molecule has 0 unspecified atom stereocenters. The molecule has 0 aliphatic carbocycles. The Labute approximate surface area is 102 Å². The summed E-state index contributed by atoms with van der Waals surface area (Å²) in [6.07, 6.45) is -2.92. The predicted molar refractivity (Wildman–Crippen MR) is 56.6 cm³/mol. The van der Waals surface area contributed by atoms with Crippen molar-refractivity contribution in [1.82, 2.24) is 14.6 Å². The largest absolute Gasteiger partial charge is 0.479 e. The average Bonchev–Trinajstić information content (AvgIpc) is 2.55. The van der Waals surface area contributed by atoms with Crippen molar-refractivity contribution in [3.63, 3.8) is 0 Å². The van der Waals surface area contributed by atoms with Gasteiger partial charge in [0.2, 0.25) is 11.6 Å². The summed E-state index contributed by atoms with van der Waals surface area (Å²) in [6.45, 7) is -1.40. The Hall–Kier alpha value is -1.51. The van der Waals surface area contributed by atoms with Gasteiger partial charge in [-0.25, -0.2) is 4.52 Å². The van der Waals surface area contributed by atoms with Gasteiger partial charge in [0.15, 0.2) is 12.4 Å². The topological polar surface area (TPSA) is 65.4 Å². The first-order valence-corrected chi connectivity index (χ1v) is 5.16. The van der Waals surface area contributed by atoms with Crippen LogP contribution in [0, 0.1) is 0 Å². The third-order valence-corrected chi connectivity index (χ3v) is 2.43. The molecule has 0 radical (unpaired) electrons. The summed E-state index contributed by atoms with van der Waals surface area (Å²) < 4.78 is 42.5. The molecule has 0 saturated carbocycles. The number of rotatable bonds is 2. The lowest BCUT2D eigenvalue weighted by Gasteiger charge is -2.10. The molecule has 2 heterocycles. The standard InChI is InChI=1S/C8H6BrF3N4O/c9-4-1-2-16-6(14-7(13)15-16)5(4)17-3-8(10,11)12/h1-2H,3H2,(H2,13,15). The van der Waals surface area contributed by atoms with E-state index in [1.165, 1.54) is 16.8 Å². The summed E-state index contributed by atoms with van der Waals surface area (Å²) in [7, 11) is 0. The molecule has 0 aliphatic heterocycles. The van der Waals surface area contributed by atoms with E-state index in [0.29, 0.717) is 4.47 Å². The number of ether oxygens (including phenoxy) is 1. The maximum atomic E-state index is 12.1. The van der Waals surface area contributed by atoms with Gasteiger partial charge in [-0.05, 0) is 22.0 Å². The van der Waals surface area contributed by atoms with Crippen molar-refractivity contribution in [3.05, 3.63) is 16.7 Å². The minimum Gasteiger partial charge on any atom is -0.479 e. The zero-order valence-electron chi connectivity index (χ0n) is 8.20. The molecule has 0 saturated heterocycles. The van der Waals surface area contributed by atoms with Gasteiger partial charge >= 0.3 is 6.18 Å². The molecule has 0 fully saturated rings. The highest BCUT2D eigenvalue weighted by molar-refractivity contribution is 9.10. The lowest BCUT2D eigenvalue weighted by atomic mass is 10.4. The van der Waals surface area contributed by atoms with Crippen molar-refractivity contribution < 1.29 is 17.9 Å². The Morgan fingerprint density at radius 1 is 1.47 bits per heavy atom. The predicted octanol–water partition coefficient (Wildman–Crippen LogP) is 2.02. The van der Waals surface area contributed by atoms with Crippen LogP contribution in [0.5, 0.6) is 5.75 Å². The molecule has 0 aromatic carbocycles. The Morgan fingerprint density at radius 2 is 2.18 bits per heavy atom. The van der Waals surface area contributed by atoms with E-state index >= 15 is 0 Å². The number of nitrogens with two attached hydrogens (primary N) is 1. The highest BCUT2D eigenvalue weighted by Gasteiger charge is 2.29. The van der Waals surface area contributed by atoms with Crippen molar-refractivity contribution in [2.75, 3.05) is 12.3 Å². The fraction of sp³-hybridized carbons (Fsp3) is 0.250. The zero-order valence-corrected chi connectivity index (χ0v) is 9.79. The number of anilines is 1. The van der Waals surface area contributed by atoms with Crippen LogP contribution in [0.15, 0.2) is 16.7 Å². The van der Waals surface area contributed by atoms with Crippen LogP contribution in [0.4, 0.5) is 19.1 Å². The van der Waals surface area contributed by atoms with Crippen molar-refractivity contribution in [1.29, 1.82) is 0 Å². The summed E-state index contributed by atoms with van der Waals surface area (Å²) in [5, 5.41) is 3.76. The molecule has 17 heavy (non-hydrogen) atoms. The first-order valence-electron chi connectivity index (χ1n) is 4.37. The van der Waals surface area contributed by atoms with E-state index in [4.69, 9.17) is 5.73 Å². The van der Waals surface area contributed by atoms with Crippen LogP contribution >= 0.6 is 15.9 Å². The SMILES string of the molecule is Nc1nc2c(OCC(F)(F)F)c(Br)ccn2n1. The van der Waals surface area contributed by atoms with Gasteiger partial charge < -0.3 is 10.5 Å². The monoisotopic (exact) mass is 310 g/mol. The quantitative estimate of drug-likeness (QED) is 0.921. The normalized spacial score (nSPS) is 12.0. The molecular weight excluding hydrogens is 305 g/mol. The first-order chi connectivity index (χ1) is 7.87. The van der Waals surface area contributed by atoms with Crippen LogP contribution in [-0.2, 0) is 0 Å². The fourth-order valence-corrected chi connectivity index (χ4v) is 1.61. The average molecular weight is 311 g/mol. The lowest BCUT2D eigenvalue weighted by molar-refractivity contribution is -0.153. The van der Waals surface area contributed by atoms with Crippen LogP contribution in [0.2, 0.25) is 0 Å². The summed E-state index contributed by atoms with van der Waals surface area (Å²) >= 11 is 3.08. The molecule has 2 aromatic rings. The van der Waals surface area contributed by atoms with E-state index in [-0.39, 0.29) is 17.3 Å². The summed E-state index contributed by atoms with van der Waals surface area (Å²) in [5.74, 6) is -0.0889. The smallest absolute Gasteiger partial charge is 0.422 e. The second-order valence-electron chi connectivity index (χ2n) is 3.13. The molecule has 0 bridgehead atoms.